The van der Waals surface area contributed by atoms with Crippen molar-refractivity contribution in [1.82, 2.24) is 19.5 Å². The lowest BCUT2D eigenvalue weighted by Crippen LogP contribution is -2.33. The molecule has 3 aromatic rings. The Kier molecular flexibility index (Phi) is 5.06. The van der Waals surface area contributed by atoms with Crippen molar-refractivity contribution in [2.24, 2.45) is 0 Å². The molecule has 0 unspecified atom stereocenters. The molecule has 0 radical (unpaired) electrons. The molecular weight excluding hydrogens is 360 g/mol. The van der Waals surface area contributed by atoms with E-state index in [2.05, 4.69) is 25.2 Å². The number of imidazole rings is 1. The maximum atomic E-state index is 12.4. The number of amides is 1. The first-order chi connectivity index (χ1) is 13.2. The Labute approximate surface area is 161 Å². The topological polar surface area (TPSA) is 75.9 Å². The standard InChI is InChI=1S/C19H20N6OS/c1-14-2-4-15(5-3-14)23-19(26)16-11-25(13-22-16)18-10-17(20-12-21-18)24-6-8-27-9-7-24/h2-5,10-13H,6-9H2,1H3,(H,23,26). The third kappa shape index (κ3) is 4.11. The van der Waals surface area contributed by atoms with E-state index in [9.17, 15) is 4.79 Å². The number of rotatable bonds is 4. The summed E-state index contributed by atoms with van der Waals surface area (Å²) in [5, 5.41) is 2.86. The minimum Gasteiger partial charge on any atom is -0.355 e. The average Bonchev–Trinajstić information content (AvgIpc) is 3.21. The first-order valence-corrected chi connectivity index (χ1v) is 9.92. The summed E-state index contributed by atoms with van der Waals surface area (Å²) >= 11 is 1.96. The number of anilines is 2. The maximum Gasteiger partial charge on any atom is 0.275 e. The van der Waals surface area contributed by atoms with E-state index in [1.165, 1.54) is 0 Å². The Bertz CT molecular complexity index is 933. The minimum absolute atomic E-state index is 0.250. The number of thioether (sulfide) groups is 1. The quantitative estimate of drug-likeness (QED) is 0.750. The normalized spacial score (nSPS) is 14.2. The van der Waals surface area contributed by atoms with E-state index >= 15 is 0 Å². The van der Waals surface area contributed by atoms with Crippen molar-refractivity contribution in [3.63, 3.8) is 0 Å². The molecule has 27 heavy (non-hydrogen) atoms. The molecule has 7 nitrogen and oxygen atoms in total. The van der Waals surface area contributed by atoms with E-state index in [0.717, 1.165) is 41.7 Å². The van der Waals surface area contributed by atoms with E-state index < -0.39 is 0 Å². The van der Waals surface area contributed by atoms with Gasteiger partial charge < -0.3 is 10.2 Å². The monoisotopic (exact) mass is 380 g/mol. The van der Waals surface area contributed by atoms with Crippen molar-refractivity contribution in [3.05, 3.63) is 60.4 Å². The summed E-state index contributed by atoms with van der Waals surface area (Å²) in [6.07, 6.45) is 4.84. The molecule has 0 spiro atoms. The van der Waals surface area contributed by atoms with Crippen LogP contribution < -0.4 is 10.2 Å². The van der Waals surface area contributed by atoms with Crippen molar-refractivity contribution in [3.8, 4) is 5.82 Å². The van der Waals surface area contributed by atoms with Gasteiger partial charge in [-0.1, -0.05) is 17.7 Å². The number of hydrogen-bond acceptors (Lipinski definition) is 6. The van der Waals surface area contributed by atoms with Crippen molar-refractivity contribution >= 4 is 29.2 Å². The highest BCUT2D eigenvalue weighted by Gasteiger charge is 2.15. The number of nitrogens with zero attached hydrogens (tertiary/aromatic N) is 5. The Hall–Kier alpha value is -2.87. The van der Waals surface area contributed by atoms with Crippen LogP contribution in [0.25, 0.3) is 5.82 Å². The second-order valence-electron chi connectivity index (χ2n) is 6.32. The van der Waals surface area contributed by atoms with Crippen molar-refractivity contribution in [1.29, 1.82) is 0 Å². The van der Waals surface area contributed by atoms with Crippen molar-refractivity contribution in [2.75, 3.05) is 34.8 Å². The van der Waals surface area contributed by atoms with Crippen LogP contribution in [-0.4, -0.2) is 50.0 Å². The maximum absolute atomic E-state index is 12.4. The number of aryl methyl sites for hydroxylation is 1. The number of carbonyl (C=O) groups excluding carboxylic acids is 1. The van der Waals surface area contributed by atoms with Crippen LogP contribution in [0.15, 0.2) is 49.2 Å². The Balaban J connectivity index is 1.50. The van der Waals surface area contributed by atoms with E-state index in [1.54, 1.807) is 23.4 Å². The second-order valence-corrected chi connectivity index (χ2v) is 7.54. The van der Waals surface area contributed by atoms with Crippen LogP contribution >= 0.6 is 11.8 Å². The van der Waals surface area contributed by atoms with E-state index in [4.69, 9.17) is 0 Å². The van der Waals surface area contributed by atoms with E-state index in [1.807, 2.05) is 49.0 Å². The van der Waals surface area contributed by atoms with Gasteiger partial charge in [-0.05, 0) is 19.1 Å². The Morgan fingerprint density at radius 1 is 1.07 bits per heavy atom. The predicted octanol–water partition coefficient (Wildman–Crippen LogP) is 2.78. The zero-order valence-electron chi connectivity index (χ0n) is 15.0. The molecule has 1 aromatic carbocycles. The van der Waals surface area contributed by atoms with E-state index in [0.29, 0.717) is 11.5 Å². The second kappa shape index (κ2) is 7.79. The van der Waals surface area contributed by atoms with Crippen LogP contribution in [0.3, 0.4) is 0 Å². The molecule has 3 heterocycles. The van der Waals surface area contributed by atoms with Crippen LogP contribution in [-0.2, 0) is 0 Å². The average molecular weight is 380 g/mol. The molecule has 138 valence electrons. The largest absolute Gasteiger partial charge is 0.355 e. The molecule has 4 rings (SSSR count). The van der Waals surface area contributed by atoms with Gasteiger partial charge in [0.25, 0.3) is 5.91 Å². The molecule has 0 aliphatic carbocycles. The summed E-state index contributed by atoms with van der Waals surface area (Å²) < 4.78 is 1.74. The summed E-state index contributed by atoms with van der Waals surface area (Å²) in [5.74, 6) is 3.56. The van der Waals surface area contributed by atoms with E-state index in [-0.39, 0.29) is 5.91 Å². The Morgan fingerprint density at radius 3 is 2.59 bits per heavy atom. The highest BCUT2D eigenvalue weighted by molar-refractivity contribution is 7.99. The number of nitrogens with one attached hydrogen (secondary N) is 1. The summed E-state index contributed by atoms with van der Waals surface area (Å²) in [6, 6.07) is 9.58. The van der Waals surface area contributed by atoms with Crippen LogP contribution in [0.2, 0.25) is 0 Å². The number of carbonyl (C=O) groups is 1. The highest BCUT2D eigenvalue weighted by Crippen LogP contribution is 2.19. The smallest absolute Gasteiger partial charge is 0.275 e. The number of aromatic nitrogens is 4. The summed E-state index contributed by atoms with van der Waals surface area (Å²) in [6.45, 7) is 3.97. The van der Waals surface area contributed by atoms with Crippen LogP contribution in [0.1, 0.15) is 16.1 Å². The van der Waals surface area contributed by atoms with Gasteiger partial charge in [0.05, 0.1) is 0 Å². The fourth-order valence-corrected chi connectivity index (χ4v) is 3.74. The van der Waals surface area contributed by atoms with Gasteiger partial charge in [0.1, 0.15) is 30.0 Å². The fourth-order valence-electron chi connectivity index (χ4n) is 2.84. The molecule has 0 saturated carbocycles. The highest BCUT2D eigenvalue weighted by atomic mass is 32.2. The molecule has 1 saturated heterocycles. The lowest BCUT2D eigenvalue weighted by molar-refractivity contribution is 0.102. The summed E-state index contributed by atoms with van der Waals surface area (Å²) in [7, 11) is 0. The van der Waals surface area contributed by atoms with Gasteiger partial charge in [-0.25, -0.2) is 15.0 Å². The van der Waals surface area contributed by atoms with Crippen LogP contribution in [0.4, 0.5) is 11.5 Å². The van der Waals surface area contributed by atoms with Gasteiger partial charge in [-0.2, -0.15) is 11.8 Å². The SMILES string of the molecule is Cc1ccc(NC(=O)c2cn(-c3cc(N4CCSCC4)ncn3)cn2)cc1. The molecule has 8 heteroatoms. The van der Waals surface area contributed by atoms with Gasteiger partial charge in [0, 0.05) is 42.5 Å². The molecule has 0 atom stereocenters. The van der Waals surface area contributed by atoms with Crippen molar-refractivity contribution in [2.45, 2.75) is 6.92 Å². The molecule has 0 bridgehead atoms. The third-order valence-electron chi connectivity index (χ3n) is 4.36. The molecule has 1 aliphatic rings. The molecule has 2 aromatic heterocycles. The Morgan fingerprint density at radius 2 is 1.81 bits per heavy atom. The minimum atomic E-state index is -0.250. The number of hydrogen-bond donors (Lipinski definition) is 1. The van der Waals surface area contributed by atoms with Gasteiger partial charge in [0.15, 0.2) is 0 Å². The number of benzene rings is 1. The lowest BCUT2D eigenvalue weighted by Gasteiger charge is -2.27. The molecule has 1 fully saturated rings. The molecular formula is C19H20N6OS. The third-order valence-corrected chi connectivity index (χ3v) is 5.30. The zero-order chi connectivity index (χ0) is 18.6. The predicted molar refractivity (Wildman–Crippen MR) is 108 cm³/mol. The summed E-state index contributed by atoms with van der Waals surface area (Å²) in [5.41, 5.74) is 2.22. The summed E-state index contributed by atoms with van der Waals surface area (Å²) in [4.78, 5) is 27.6. The van der Waals surface area contributed by atoms with Gasteiger partial charge in [0.2, 0.25) is 0 Å². The van der Waals surface area contributed by atoms with Crippen LogP contribution in [0.5, 0.6) is 0 Å². The van der Waals surface area contributed by atoms with Gasteiger partial charge in [-0.3, -0.25) is 9.36 Å². The zero-order valence-corrected chi connectivity index (χ0v) is 15.8. The lowest BCUT2D eigenvalue weighted by atomic mass is 10.2. The first-order valence-electron chi connectivity index (χ1n) is 8.76. The molecule has 1 amide bonds. The van der Waals surface area contributed by atoms with Crippen molar-refractivity contribution < 1.29 is 4.79 Å². The van der Waals surface area contributed by atoms with Gasteiger partial charge >= 0.3 is 0 Å². The molecule has 1 N–H and O–H groups in total. The van der Waals surface area contributed by atoms with Gasteiger partial charge in [-0.15, -0.1) is 0 Å². The fraction of sp³-hybridized carbons (Fsp3) is 0.263. The molecule has 1 aliphatic heterocycles. The van der Waals surface area contributed by atoms with Crippen LogP contribution in [0, 0.1) is 6.92 Å². The first kappa shape index (κ1) is 17.5.